The molecule has 0 amide bonds. The van der Waals surface area contributed by atoms with E-state index in [0.29, 0.717) is 6.61 Å². The third-order valence-corrected chi connectivity index (χ3v) is 4.02. The molecule has 21 heavy (non-hydrogen) atoms. The summed E-state index contributed by atoms with van der Waals surface area (Å²) >= 11 is 0. The summed E-state index contributed by atoms with van der Waals surface area (Å²) in [5.74, 6) is -1.34. The lowest BCUT2D eigenvalue weighted by molar-refractivity contribution is -0.288. The van der Waals surface area contributed by atoms with E-state index in [0.717, 1.165) is 5.57 Å². The van der Waals surface area contributed by atoms with E-state index in [1.807, 2.05) is 27.7 Å². The van der Waals surface area contributed by atoms with Crippen molar-refractivity contribution in [1.29, 1.82) is 0 Å². The van der Waals surface area contributed by atoms with Gasteiger partial charge in [-0.05, 0) is 33.3 Å². The van der Waals surface area contributed by atoms with Crippen LogP contribution in [0.4, 0.5) is 0 Å². The zero-order chi connectivity index (χ0) is 15.4. The highest BCUT2D eigenvalue weighted by atomic mass is 16.8. The topological polar surface area (TPSA) is 55.4 Å². The fraction of sp³-hybridized carbons (Fsp3) is 0.867. The van der Waals surface area contributed by atoms with Crippen LogP contribution < -0.4 is 0 Å². The molecule has 3 aliphatic rings. The molecule has 3 fully saturated rings. The SMILES string of the molecule is C=C1COC(C)(C)O[C@@H]1[C@H]1O[C@@H]2OC(C)(C)OC2[C@H]1OC. The lowest BCUT2D eigenvalue weighted by Gasteiger charge is -2.41. The highest BCUT2D eigenvalue weighted by Gasteiger charge is 2.58. The standard InChI is InChI=1S/C15H24O6/c1-8-7-17-14(2,3)19-9(8)11-10(16-6)12-13(18-11)21-15(4,5)20-12/h9-13H,1,7H2,2-6H3/t9-,10-,11+,12?,13+/m0/s1. The average Bonchev–Trinajstić information content (AvgIpc) is 2.83. The Balaban J connectivity index is 1.79. The van der Waals surface area contributed by atoms with Crippen LogP contribution in [0.3, 0.4) is 0 Å². The molecule has 0 N–H and O–H groups in total. The average molecular weight is 300 g/mol. The second kappa shape index (κ2) is 5.01. The van der Waals surface area contributed by atoms with E-state index in [1.54, 1.807) is 7.11 Å². The van der Waals surface area contributed by atoms with Gasteiger partial charge in [0.1, 0.15) is 24.4 Å². The number of methoxy groups -OCH3 is 1. The lowest BCUT2D eigenvalue weighted by Crippen LogP contribution is -2.51. The quantitative estimate of drug-likeness (QED) is 0.722. The molecule has 1 unspecified atom stereocenters. The van der Waals surface area contributed by atoms with E-state index in [2.05, 4.69) is 6.58 Å². The van der Waals surface area contributed by atoms with Gasteiger partial charge in [-0.15, -0.1) is 0 Å². The van der Waals surface area contributed by atoms with Gasteiger partial charge in [0, 0.05) is 7.11 Å². The smallest absolute Gasteiger partial charge is 0.190 e. The Morgan fingerprint density at radius 1 is 1.05 bits per heavy atom. The molecule has 0 radical (unpaired) electrons. The fourth-order valence-electron chi connectivity index (χ4n) is 3.09. The molecular weight excluding hydrogens is 276 g/mol. The van der Waals surface area contributed by atoms with Crippen LogP contribution in [0.1, 0.15) is 27.7 Å². The van der Waals surface area contributed by atoms with Crippen molar-refractivity contribution in [2.24, 2.45) is 0 Å². The number of hydrogen-bond acceptors (Lipinski definition) is 6. The van der Waals surface area contributed by atoms with Crippen LogP contribution in [-0.4, -0.2) is 56.0 Å². The van der Waals surface area contributed by atoms with Crippen LogP contribution in [0, 0.1) is 0 Å². The fourth-order valence-corrected chi connectivity index (χ4v) is 3.09. The number of fused-ring (bicyclic) bond motifs is 1. The van der Waals surface area contributed by atoms with Gasteiger partial charge in [0.15, 0.2) is 17.9 Å². The molecule has 5 atom stereocenters. The van der Waals surface area contributed by atoms with Crippen molar-refractivity contribution >= 4 is 0 Å². The molecule has 6 nitrogen and oxygen atoms in total. The van der Waals surface area contributed by atoms with Crippen LogP contribution in [0.15, 0.2) is 12.2 Å². The summed E-state index contributed by atoms with van der Waals surface area (Å²) in [6, 6.07) is 0. The van der Waals surface area contributed by atoms with Crippen molar-refractivity contribution in [1.82, 2.24) is 0 Å². The van der Waals surface area contributed by atoms with Gasteiger partial charge < -0.3 is 28.4 Å². The maximum absolute atomic E-state index is 6.01. The van der Waals surface area contributed by atoms with Crippen LogP contribution in [-0.2, 0) is 28.4 Å². The zero-order valence-electron chi connectivity index (χ0n) is 13.3. The van der Waals surface area contributed by atoms with Gasteiger partial charge in [0.2, 0.25) is 0 Å². The Kier molecular flexibility index (Phi) is 3.67. The molecule has 0 spiro atoms. The maximum Gasteiger partial charge on any atom is 0.190 e. The van der Waals surface area contributed by atoms with Crippen molar-refractivity contribution in [3.63, 3.8) is 0 Å². The van der Waals surface area contributed by atoms with E-state index in [4.69, 9.17) is 28.4 Å². The van der Waals surface area contributed by atoms with Crippen molar-refractivity contribution in [2.75, 3.05) is 13.7 Å². The highest BCUT2D eigenvalue weighted by Crippen LogP contribution is 2.42. The predicted molar refractivity (Wildman–Crippen MR) is 73.5 cm³/mol. The Hall–Kier alpha value is -0.500. The van der Waals surface area contributed by atoms with Crippen molar-refractivity contribution in [2.45, 2.75) is 70.0 Å². The summed E-state index contributed by atoms with van der Waals surface area (Å²) in [6.45, 7) is 12.0. The zero-order valence-corrected chi connectivity index (χ0v) is 13.3. The van der Waals surface area contributed by atoms with E-state index >= 15 is 0 Å². The molecule has 3 saturated heterocycles. The molecule has 6 heteroatoms. The molecule has 120 valence electrons. The highest BCUT2D eigenvalue weighted by molar-refractivity contribution is 5.13. The number of rotatable bonds is 2. The molecule has 0 aliphatic carbocycles. The second-order valence-electron chi connectivity index (χ2n) is 6.65. The molecule has 3 rings (SSSR count). The van der Waals surface area contributed by atoms with E-state index in [9.17, 15) is 0 Å². The number of ether oxygens (including phenoxy) is 6. The molecule has 0 aromatic carbocycles. The Labute approximate surface area is 125 Å². The maximum atomic E-state index is 6.01. The number of hydrogen-bond donors (Lipinski definition) is 0. The predicted octanol–water partition coefficient (Wildman–Crippen LogP) is 1.59. The molecule has 0 aromatic rings. The van der Waals surface area contributed by atoms with E-state index in [1.165, 1.54) is 0 Å². The minimum atomic E-state index is -0.674. The normalized spacial score (nSPS) is 44.8. The second-order valence-corrected chi connectivity index (χ2v) is 6.65. The Morgan fingerprint density at radius 3 is 2.43 bits per heavy atom. The van der Waals surface area contributed by atoms with Gasteiger partial charge in [0.25, 0.3) is 0 Å². The minimum absolute atomic E-state index is 0.266. The first-order valence-corrected chi connectivity index (χ1v) is 7.26. The van der Waals surface area contributed by atoms with Gasteiger partial charge in [-0.25, -0.2) is 0 Å². The molecule has 0 aromatic heterocycles. The van der Waals surface area contributed by atoms with Gasteiger partial charge in [-0.3, -0.25) is 0 Å². The minimum Gasteiger partial charge on any atom is -0.376 e. The Morgan fingerprint density at radius 2 is 1.76 bits per heavy atom. The van der Waals surface area contributed by atoms with Gasteiger partial charge in [0.05, 0.1) is 6.61 Å². The summed E-state index contributed by atoms with van der Waals surface area (Å²) in [5.41, 5.74) is 0.834. The van der Waals surface area contributed by atoms with E-state index in [-0.39, 0.29) is 24.4 Å². The van der Waals surface area contributed by atoms with Crippen molar-refractivity contribution in [3.8, 4) is 0 Å². The summed E-state index contributed by atoms with van der Waals surface area (Å²) in [4.78, 5) is 0. The van der Waals surface area contributed by atoms with Crippen molar-refractivity contribution in [3.05, 3.63) is 12.2 Å². The summed E-state index contributed by atoms with van der Waals surface area (Å²) in [5, 5.41) is 0. The summed E-state index contributed by atoms with van der Waals surface area (Å²) in [6.07, 6.45) is -1.61. The van der Waals surface area contributed by atoms with Crippen molar-refractivity contribution < 1.29 is 28.4 Å². The lowest BCUT2D eigenvalue weighted by atomic mass is 9.99. The Bertz CT molecular complexity index is 432. The first-order valence-electron chi connectivity index (χ1n) is 7.26. The summed E-state index contributed by atoms with van der Waals surface area (Å²) in [7, 11) is 1.64. The van der Waals surface area contributed by atoms with Crippen LogP contribution >= 0.6 is 0 Å². The van der Waals surface area contributed by atoms with Crippen LogP contribution in [0.25, 0.3) is 0 Å². The third kappa shape index (κ3) is 2.76. The van der Waals surface area contributed by atoms with Crippen LogP contribution in [0.5, 0.6) is 0 Å². The molecule has 0 bridgehead atoms. The molecule has 3 aliphatic heterocycles. The first kappa shape index (κ1) is 15.4. The summed E-state index contributed by atoms with van der Waals surface area (Å²) < 4.78 is 34.9. The largest absolute Gasteiger partial charge is 0.376 e. The molecule has 0 saturated carbocycles. The molecular formula is C15H24O6. The van der Waals surface area contributed by atoms with Gasteiger partial charge >= 0.3 is 0 Å². The van der Waals surface area contributed by atoms with Crippen LogP contribution in [0.2, 0.25) is 0 Å². The van der Waals surface area contributed by atoms with E-state index < -0.39 is 17.9 Å². The van der Waals surface area contributed by atoms with Gasteiger partial charge in [-0.1, -0.05) is 6.58 Å². The monoisotopic (exact) mass is 300 g/mol. The first-order chi connectivity index (χ1) is 9.72. The molecule has 3 heterocycles. The van der Waals surface area contributed by atoms with Gasteiger partial charge in [-0.2, -0.15) is 0 Å². The third-order valence-electron chi connectivity index (χ3n) is 4.02.